The van der Waals surface area contributed by atoms with E-state index >= 15 is 0 Å². The van der Waals surface area contributed by atoms with Crippen LogP contribution in [0.25, 0.3) is 28.2 Å². The third kappa shape index (κ3) is 11.0. The van der Waals surface area contributed by atoms with Crippen molar-refractivity contribution < 1.29 is 47.1 Å². The number of aliphatic carboxylic acids is 1. The van der Waals surface area contributed by atoms with Crippen LogP contribution in [0.1, 0.15) is 28.7 Å². The highest BCUT2D eigenvalue weighted by Gasteiger charge is 2.30. The van der Waals surface area contributed by atoms with Gasteiger partial charge < -0.3 is 34.1 Å². The average molecular weight is 731 g/mol. The summed E-state index contributed by atoms with van der Waals surface area (Å²) in [5.74, 6) is -0.932. The Balaban J connectivity index is 1.12. The Morgan fingerprint density at radius 1 is 0.804 bits per heavy atom. The van der Waals surface area contributed by atoms with Gasteiger partial charge >= 0.3 is 12.1 Å². The number of aromatic hydroxyl groups is 1. The van der Waals surface area contributed by atoms with Gasteiger partial charge in [-0.25, -0.2) is 9.78 Å². The zero-order chi connectivity index (χ0) is 36.2. The van der Waals surface area contributed by atoms with Crippen molar-refractivity contribution in [3.05, 3.63) is 94.0 Å². The topological polar surface area (TPSA) is 141 Å². The van der Waals surface area contributed by atoms with Crippen molar-refractivity contribution in [2.45, 2.75) is 31.9 Å². The highest BCUT2D eigenvalue weighted by atomic mass is 35.5. The second-order valence-corrected chi connectivity index (χ2v) is 12.0. The predicted molar refractivity (Wildman–Crippen MR) is 183 cm³/mol. The van der Waals surface area contributed by atoms with Crippen LogP contribution >= 0.6 is 11.6 Å². The number of alkyl halides is 3. The second-order valence-electron chi connectivity index (χ2n) is 11.6. The summed E-state index contributed by atoms with van der Waals surface area (Å²) >= 11 is 6.12. The minimum absolute atomic E-state index is 0.162. The van der Waals surface area contributed by atoms with Crippen LogP contribution in [0.5, 0.6) is 5.88 Å². The number of imidazole rings is 1. The van der Waals surface area contributed by atoms with Crippen molar-refractivity contribution in [2.24, 2.45) is 0 Å². The van der Waals surface area contributed by atoms with Crippen molar-refractivity contribution >= 4 is 28.6 Å². The molecule has 15 heteroatoms. The van der Waals surface area contributed by atoms with E-state index in [4.69, 9.17) is 35.7 Å². The molecule has 5 rings (SSSR count). The van der Waals surface area contributed by atoms with Gasteiger partial charge in [0.15, 0.2) is 0 Å². The summed E-state index contributed by atoms with van der Waals surface area (Å²) in [6, 6.07) is 18.0. The second kappa shape index (κ2) is 18.1. The summed E-state index contributed by atoms with van der Waals surface area (Å²) in [5, 5.41) is 24.9. The number of hydrogen-bond donors (Lipinski definition) is 3. The molecular formula is C36H38ClF3N4O7. The van der Waals surface area contributed by atoms with Gasteiger partial charge in [-0.2, -0.15) is 23.0 Å². The van der Waals surface area contributed by atoms with Gasteiger partial charge in [0.2, 0.25) is 11.8 Å². The molecule has 0 atom stereocenters. The number of carboxylic acid groups (broad SMARTS) is 1. The summed E-state index contributed by atoms with van der Waals surface area (Å²) in [7, 11) is 0. The minimum Gasteiger partial charge on any atom is -0.493 e. The van der Waals surface area contributed by atoms with Crippen LogP contribution in [-0.2, 0) is 49.2 Å². The number of carbonyl (C=O) groups is 1. The Labute approximate surface area is 296 Å². The molecule has 2 aromatic heterocycles. The molecule has 0 unspecified atom stereocenters. The Morgan fingerprint density at radius 2 is 1.41 bits per heavy atom. The van der Waals surface area contributed by atoms with E-state index in [-0.39, 0.29) is 25.0 Å². The third-order valence-electron chi connectivity index (χ3n) is 7.86. The van der Waals surface area contributed by atoms with Gasteiger partial charge in [-0.1, -0.05) is 48.0 Å². The number of aromatic amines is 1. The Hall–Kier alpha value is -4.47. The number of nitrogens with one attached hydrogen (secondary N) is 1. The summed E-state index contributed by atoms with van der Waals surface area (Å²) in [5.41, 5.74) is 3.92. The van der Waals surface area contributed by atoms with Gasteiger partial charge in [0, 0.05) is 22.8 Å². The number of benzene rings is 3. The number of carboxylic acids is 1. The molecule has 0 aliphatic carbocycles. The molecule has 0 spiro atoms. The molecule has 3 N–H and O–H groups in total. The van der Waals surface area contributed by atoms with Crippen LogP contribution in [0.2, 0.25) is 5.02 Å². The number of hydrogen-bond acceptors (Lipinski definition) is 8. The standard InChI is InChI=1S/C36H38ClF3N4O7/c37-28-12-14-30-31(22-28)42-35(41-30)44-34(47)29(33(43-44)26-8-10-27(11-9-26)36(38,39)40)13-7-25-5-3-24(4-6-25)2-1-15-48-16-17-49-18-19-50-20-21-51-23-32(45)46/h3-6,8-12,14,22,47H,1-2,7,13,15-21,23H2,(H,41,42)(H,45,46). The first-order valence-electron chi connectivity index (χ1n) is 16.3. The molecule has 0 aliphatic rings. The Bertz CT molecular complexity index is 1860. The molecule has 0 bridgehead atoms. The number of halogens is 4. The molecule has 0 radical (unpaired) electrons. The van der Waals surface area contributed by atoms with Crippen LogP contribution in [0.3, 0.4) is 0 Å². The van der Waals surface area contributed by atoms with E-state index in [9.17, 15) is 23.1 Å². The molecule has 0 saturated carbocycles. The fraction of sp³-hybridized carbons (Fsp3) is 0.361. The number of nitrogens with zero attached hydrogens (tertiary/aromatic N) is 3. The normalized spacial score (nSPS) is 11.8. The monoisotopic (exact) mass is 730 g/mol. The van der Waals surface area contributed by atoms with E-state index in [1.54, 1.807) is 18.2 Å². The summed E-state index contributed by atoms with van der Waals surface area (Å²) in [4.78, 5) is 18.0. The fourth-order valence-electron chi connectivity index (χ4n) is 5.27. The first-order chi connectivity index (χ1) is 24.6. The lowest BCUT2D eigenvalue weighted by molar-refractivity contribution is -0.142. The number of ether oxygens (including phenoxy) is 4. The maximum atomic E-state index is 13.3. The van der Waals surface area contributed by atoms with E-state index in [0.717, 1.165) is 36.1 Å². The number of H-pyrrole nitrogens is 1. The molecular weight excluding hydrogens is 693 g/mol. The molecule has 0 amide bonds. The largest absolute Gasteiger partial charge is 0.493 e. The lowest BCUT2D eigenvalue weighted by Gasteiger charge is -2.08. The maximum Gasteiger partial charge on any atom is 0.416 e. The van der Waals surface area contributed by atoms with E-state index in [1.807, 2.05) is 24.3 Å². The van der Waals surface area contributed by atoms with Gasteiger partial charge in [-0.05, 0) is 67.1 Å². The first-order valence-corrected chi connectivity index (χ1v) is 16.7. The zero-order valence-electron chi connectivity index (χ0n) is 27.6. The van der Waals surface area contributed by atoms with Gasteiger partial charge in [0.25, 0.3) is 0 Å². The van der Waals surface area contributed by atoms with Crippen LogP contribution in [0.15, 0.2) is 66.7 Å². The number of rotatable bonds is 20. The number of aromatic nitrogens is 4. The summed E-state index contributed by atoms with van der Waals surface area (Å²) in [6.45, 7) is 2.45. The van der Waals surface area contributed by atoms with Crippen LogP contribution in [0.4, 0.5) is 13.2 Å². The first kappa shape index (κ1) is 37.8. The molecule has 11 nitrogen and oxygen atoms in total. The van der Waals surface area contributed by atoms with Crippen LogP contribution in [0, 0.1) is 0 Å². The lowest BCUT2D eigenvalue weighted by atomic mass is 9.99. The van der Waals surface area contributed by atoms with E-state index in [2.05, 4.69) is 15.1 Å². The van der Waals surface area contributed by atoms with E-state index in [0.29, 0.717) is 85.4 Å². The van der Waals surface area contributed by atoms with Crippen molar-refractivity contribution in [2.75, 3.05) is 52.9 Å². The van der Waals surface area contributed by atoms with Crippen molar-refractivity contribution in [1.82, 2.24) is 19.7 Å². The lowest BCUT2D eigenvalue weighted by Crippen LogP contribution is -2.14. The molecule has 51 heavy (non-hydrogen) atoms. The quantitative estimate of drug-likeness (QED) is 0.0750. The number of aryl methyl sites for hydroxylation is 2. The minimum atomic E-state index is -4.48. The Kier molecular flexibility index (Phi) is 13.4. The van der Waals surface area contributed by atoms with Gasteiger partial charge in [-0.15, -0.1) is 0 Å². The van der Waals surface area contributed by atoms with Gasteiger partial charge in [-0.3, -0.25) is 0 Å². The summed E-state index contributed by atoms with van der Waals surface area (Å²) in [6.07, 6.45) is -1.90. The molecule has 2 heterocycles. The van der Waals surface area contributed by atoms with Crippen molar-refractivity contribution in [1.29, 1.82) is 0 Å². The highest BCUT2D eigenvalue weighted by Crippen LogP contribution is 2.35. The molecule has 272 valence electrons. The highest BCUT2D eigenvalue weighted by molar-refractivity contribution is 6.31. The van der Waals surface area contributed by atoms with Gasteiger partial charge in [0.05, 0.1) is 56.2 Å². The van der Waals surface area contributed by atoms with Crippen molar-refractivity contribution in [3.8, 4) is 23.1 Å². The fourth-order valence-corrected chi connectivity index (χ4v) is 5.44. The summed E-state index contributed by atoms with van der Waals surface area (Å²) < 4.78 is 62.3. The molecule has 0 fully saturated rings. The number of fused-ring (bicyclic) bond motifs is 1. The molecule has 0 saturated heterocycles. The van der Waals surface area contributed by atoms with E-state index < -0.39 is 17.7 Å². The zero-order valence-corrected chi connectivity index (χ0v) is 28.4. The SMILES string of the molecule is O=C(O)COCCOCCOCCOCCCc1ccc(CCc2c(-c3ccc(C(F)(F)F)cc3)nn(-c3nc4cc(Cl)ccc4[nH]3)c2O)cc1. The maximum absolute atomic E-state index is 13.3. The van der Waals surface area contributed by atoms with Crippen molar-refractivity contribution in [3.63, 3.8) is 0 Å². The molecule has 5 aromatic rings. The third-order valence-corrected chi connectivity index (χ3v) is 8.09. The molecule has 3 aromatic carbocycles. The van der Waals surface area contributed by atoms with Crippen LogP contribution in [-0.4, -0.2) is 88.8 Å². The van der Waals surface area contributed by atoms with E-state index in [1.165, 1.54) is 16.8 Å². The average Bonchev–Trinajstić information content (AvgIpc) is 3.67. The van der Waals surface area contributed by atoms with Gasteiger partial charge in [0.1, 0.15) is 12.3 Å². The molecule has 0 aliphatic heterocycles. The Morgan fingerprint density at radius 3 is 2.04 bits per heavy atom. The predicted octanol–water partition coefficient (Wildman–Crippen LogP) is 6.66. The smallest absolute Gasteiger partial charge is 0.416 e. The van der Waals surface area contributed by atoms with Crippen LogP contribution < -0.4 is 0 Å².